The van der Waals surface area contributed by atoms with Crippen molar-refractivity contribution in [3.63, 3.8) is 0 Å². The number of imidazole rings is 1. The van der Waals surface area contributed by atoms with E-state index in [0.29, 0.717) is 19.0 Å². The van der Waals surface area contributed by atoms with Gasteiger partial charge in [-0.1, -0.05) is 20.8 Å². The van der Waals surface area contributed by atoms with E-state index < -0.39 is 0 Å². The predicted octanol–water partition coefficient (Wildman–Crippen LogP) is 1.36. The predicted molar refractivity (Wildman–Crippen MR) is 93.5 cm³/mol. The first-order chi connectivity index (χ1) is 11.5. The van der Waals surface area contributed by atoms with Crippen molar-refractivity contribution in [3.05, 3.63) is 18.2 Å². The molecule has 1 aliphatic heterocycles. The van der Waals surface area contributed by atoms with Gasteiger partial charge in [0, 0.05) is 39.1 Å². The summed E-state index contributed by atoms with van der Waals surface area (Å²) < 4.78 is 7.06. The number of nitrogens with one attached hydrogen (secondary N) is 1. The monoisotopic (exact) mass is 335 g/mol. The van der Waals surface area contributed by atoms with Crippen LogP contribution in [0.1, 0.15) is 26.6 Å². The Morgan fingerprint density at radius 1 is 1.50 bits per heavy atom. The second kappa shape index (κ2) is 8.17. The van der Waals surface area contributed by atoms with E-state index in [1.807, 2.05) is 12.4 Å². The van der Waals surface area contributed by atoms with Crippen LogP contribution in [0.3, 0.4) is 0 Å². The van der Waals surface area contributed by atoms with Crippen LogP contribution in [0.25, 0.3) is 0 Å². The number of nitrogens with zero attached hydrogens (tertiary/aromatic N) is 4. The molecule has 1 N–H and O–H groups in total. The van der Waals surface area contributed by atoms with Crippen molar-refractivity contribution in [2.45, 2.75) is 33.9 Å². The maximum atomic E-state index is 11.9. The first kappa shape index (κ1) is 18.3. The summed E-state index contributed by atoms with van der Waals surface area (Å²) >= 11 is 0. The van der Waals surface area contributed by atoms with Gasteiger partial charge in [-0.05, 0) is 11.8 Å². The van der Waals surface area contributed by atoms with E-state index >= 15 is 0 Å². The van der Waals surface area contributed by atoms with Gasteiger partial charge in [-0.3, -0.25) is 9.79 Å². The summed E-state index contributed by atoms with van der Waals surface area (Å²) in [6, 6.07) is 0. The minimum absolute atomic E-state index is 0.100. The molecule has 0 saturated carbocycles. The number of esters is 1. The van der Waals surface area contributed by atoms with Gasteiger partial charge in [0.2, 0.25) is 0 Å². The minimum atomic E-state index is -0.145. The van der Waals surface area contributed by atoms with Gasteiger partial charge in [0.15, 0.2) is 5.96 Å². The van der Waals surface area contributed by atoms with Gasteiger partial charge in [-0.25, -0.2) is 4.98 Å². The Kier molecular flexibility index (Phi) is 6.23. The summed E-state index contributed by atoms with van der Waals surface area (Å²) in [6.45, 7) is 9.43. The van der Waals surface area contributed by atoms with Crippen LogP contribution in [0.5, 0.6) is 0 Å². The van der Waals surface area contributed by atoms with Crippen LogP contribution in [0.4, 0.5) is 0 Å². The highest BCUT2D eigenvalue weighted by Gasteiger charge is 2.36. The van der Waals surface area contributed by atoms with Crippen molar-refractivity contribution < 1.29 is 9.53 Å². The molecule has 0 spiro atoms. The summed E-state index contributed by atoms with van der Waals surface area (Å²) in [5.41, 5.74) is 0. The fourth-order valence-electron chi connectivity index (χ4n) is 3.16. The largest absolute Gasteiger partial charge is 0.469 e. The highest BCUT2D eigenvalue weighted by molar-refractivity contribution is 5.82. The first-order valence-electron chi connectivity index (χ1n) is 8.49. The van der Waals surface area contributed by atoms with E-state index in [4.69, 9.17) is 4.74 Å². The quantitative estimate of drug-likeness (QED) is 0.500. The number of carbonyl (C=O) groups excluding carboxylic acids is 1. The first-order valence-corrected chi connectivity index (χ1v) is 8.49. The molecule has 7 heteroatoms. The summed E-state index contributed by atoms with van der Waals surface area (Å²) in [5.74, 6) is 2.36. The number of carbonyl (C=O) groups is 1. The zero-order chi connectivity index (χ0) is 17.7. The van der Waals surface area contributed by atoms with Gasteiger partial charge in [-0.15, -0.1) is 0 Å². The third-order valence-electron chi connectivity index (χ3n) is 4.40. The summed E-state index contributed by atoms with van der Waals surface area (Å²) in [4.78, 5) is 22.7. The van der Waals surface area contributed by atoms with Crippen molar-refractivity contribution in [1.82, 2.24) is 19.8 Å². The maximum Gasteiger partial charge on any atom is 0.310 e. The fraction of sp³-hybridized carbons (Fsp3) is 0.706. The van der Waals surface area contributed by atoms with E-state index in [0.717, 1.165) is 24.9 Å². The third-order valence-corrected chi connectivity index (χ3v) is 4.40. The van der Waals surface area contributed by atoms with E-state index in [1.54, 1.807) is 7.05 Å². The molecular weight excluding hydrogens is 306 g/mol. The number of aliphatic imine (C=N–C) groups is 1. The molecule has 7 nitrogen and oxygen atoms in total. The number of guanidine groups is 1. The van der Waals surface area contributed by atoms with Crippen LogP contribution < -0.4 is 5.32 Å². The molecule has 2 atom stereocenters. The topological polar surface area (TPSA) is 71.8 Å². The third kappa shape index (κ3) is 4.27. The maximum absolute atomic E-state index is 11.9. The highest BCUT2D eigenvalue weighted by Crippen LogP contribution is 2.24. The second-order valence-electron chi connectivity index (χ2n) is 6.80. The van der Waals surface area contributed by atoms with Crippen LogP contribution >= 0.6 is 0 Å². The molecule has 134 valence electrons. The molecule has 1 aromatic rings. The molecule has 0 aliphatic carbocycles. The molecule has 2 unspecified atom stereocenters. The normalized spacial score (nSPS) is 21.4. The zero-order valence-corrected chi connectivity index (χ0v) is 15.3. The van der Waals surface area contributed by atoms with Gasteiger partial charge in [0.25, 0.3) is 0 Å². The highest BCUT2D eigenvalue weighted by atomic mass is 16.5. The number of ether oxygens (including phenoxy) is 1. The zero-order valence-electron chi connectivity index (χ0n) is 15.3. The van der Waals surface area contributed by atoms with Crippen molar-refractivity contribution in [2.75, 3.05) is 27.2 Å². The molecule has 1 saturated heterocycles. The Morgan fingerprint density at radius 2 is 2.25 bits per heavy atom. The number of hydrogen-bond donors (Lipinski definition) is 1. The fourth-order valence-corrected chi connectivity index (χ4v) is 3.16. The second-order valence-corrected chi connectivity index (χ2v) is 6.80. The molecule has 1 fully saturated rings. The summed E-state index contributed by atoms with van der Waals surface area (Å²) in [5, 5.41) is 3.37. The molecule has 0 bridgehead atoms. The van der Waals surface area contributed by atoms with Gasteiger partial charge in [0.1, 0.15) is 5.82 Å². The van der Waals surface area contributed by atoms with Gasteiger partial charge >= 0.3 is 5.97 Å². The molecule has 1 aliphatic rings. The van der Waals surface area contributed by atoms with Crippen LogP contribution in [0.15, 0.2) is 17.4 Å². The van der Waals surface area contributed by atoms with Gasteiger partial charge < -0.3 is 19.5 Å². The van der Waals surface area contributed by atoms with E-state index in [-0.39, 0.29) is 17.8 Å². The molecule has 1 aromatic heterocycles. The molecular formula is C17H29N5O2. The van der Waals surface area contributed by atoms with Gasteiger partial charge in [-0.2, -0.15) is 0 Å². The smallest absolute Gasteiger partial charge is 0.310 e. The van der Waals surface area contributed by atoms with Crippen molar-refractivity contribution in [1.29, 1.82) is 0 Å². The lowest BCUT2D eigenvalue weighted by Gasteiger charge is -2.21. The van der Waals surface area contributed by atoms with E-state index in [9.17, 15) is 4.79 Å². The lowest BCUT2D eigenvalue weighted by Crippen LogP contribution is -2.40. The van der Waals surface area contributed by atoms with E-state index in [2.05, 4.69) is 45.5 Å². The number of methoxy groups -OCH3 is 1. The lowest BCUT2D eigenvalue weighted by atomic mass is 9.99. The Hall–Kier alpha value is -2.05. The lowest BCUT2D eigenvalue weighted by molar-refractivity contribution is -0.145. The van der Waals surface area contributed by atoms with Crippen molar-refractivity contribution >= 4 is 11.9 Å². The SMILES string of the molecule is CN=C(NCc1nccn1CC(C)C)N1CC(C)C(C(=O)OC)C1. The molecule has 2 heterocycles. The molecule has 24 heavy (non-hydrogen) atoms. The Labute approximate surface area is 144 Å². The van der Waals surface area contributed by atoms with Crippen LogP contribution in [-0.4, -0.2) is 53.6 Å². The van der Waals surface area contributed by atoms with Crippen molar-refractivity contribution in [2.24, 2.45) is 22.7 Å². The Morgan fingerprint density at radius 3 is 2.88 bits per heavy atom. The molecule has 2 rings (SSSR count). The summed E-state index contributed by atoms with van der Waals surface area (Å²) in [7, 11) is 3.21. The summed E-state index contributed by atoms with van der Waals surface area (Å²) in [6.07, 6.45) is 3.83. The average molecular weight is 335 g/mol. The number of aromatic nitrogens is 2. The minimum Gasteiger partial charge on any atom is -0.469 e. The van der Waals surface area contributed by atoms with Gasteiger partial charge in [0.05, 0.1) is 19.6 Å². The standard InChI is InChI=1S/C17H29N5O2/c1-12(2)9-21-7-6-19-15(21)8-20-17(18-4)22-10-13(3)14(11-22)16(23)24-5/h6-7,12-14H,8-11H2,1-5H3,(H,18,20). The number of hydrogen-bond acceptors (Lipinski definition) is 4. The van der Waals surface area contributed by atoms with Crippen LogP contribution in [0, 0.1) is 17.8 Å². The number of rotatable bonds is 5. The van der Waals surface area contributed by atoms with Crippen LogP contribution in [-0.2, 0) is 22.6 Å². The average Bonchev–Trinajstić information content (AvgIpc) is 3.13. The molecule has 0 amide bonds. The van der Waals surface area contributed by atoms with Crippen molar-refractivity contribution in [3.8, 4) is 0 Å². The van der Waals surface area contributed by atoms with E-state index in [1.165, 1.54) is 7.11 Å². The Bertz CT molecular complexity index is 581. The molecule has 0 radical (unpaired) electrons. The Balaban J connectivity index is 1.97. The number of likely N-dealkylation sites (tertiary alicyclic amines) is 1. The van der Waals surface area contributed by atoms with Crippen LogP contribution in [0.2, 0.25) is 0 Å². The molecule has 0 aromatic carbocycles.